The molecule has 1 saturated carbocycles. The SMILES string of the molecule is CCCNCC1(CN2CCC(C)CC2)CCCC1. The fraction of sp³-hybridized carbons (Fsp3) is 1.00. The largest absolute Gasteiger partial charge is 0.316 e. The normalized spacial score (nSPS) is 25.7. The maximum atomic E-state index is 3.69. The Bertz CT molecular complexity index is 225. The second-order valence-electron chi connectivity index (χ2n) is 6.84. The summed E-state index contributed by atoms with van der Waals surface area (Å²) in [6.45, 7) is 11.2. The van der Waals surface area contributed by atoms with Crippen LogP contribution in [0.2, 0.25) is 0 Å². The fourth-order valence-electron chi connectivity index (χ4n) is 3.74. The van der Waals surface area contributed by atoms with Crippen LogP contribution < -0.4 is 5.32 Å². The van der Waals surface area contributed by atoms with Gasteiger partial charge < -0.3 is 10.2 Å². The fourth-order valence-corrected chi connectivity index (χ4v) is 3.74. The van der Waals surface area contributed by atoms with Crippen LogP contribution in [0.25, 0.3) is 0 Å². The van der Waals surface area contributed by atoms with Gasteiger partial charge in [0.1, 0.15) is 0 Å². The third kappa shape index (κ3) is 3.96. The molecule has 0 amide bonds. The van der Waals surface area contributed by atoms with Crippen LogP contribution in [0.5, 0.6) is 0 Å². The van der Waals surface area contributed by atoms with E-state index in [0.717, 1.165) is 5.92 Å². The van der Waals surface area contributed by atoms with E-state index in [0.29, 0.717) is 5.41 Å². The highest BCUT2D eigenvalue weighted by Crippen LogP contribution is 2.39. The molecule has 0 aromatic carbocycles. The average molecular weight is 252 g/mol. The van der Waals surface area contributed by atoms with Crippen molar-refractivity contribution in [3.05, 3.63) is 0 Å². The van der Waals surface area contributed by atoms with Crippen molar-refractivity contribution in [1.82, 2.24) is 10.2 Å². The van der Waals surface area contributed by atoms with Gasteiger partial charge in [0.25, 0.3) is 0 Å². The van der Waals surface area contributed by atoms with Gasteiger partial charge >= 0.3 is 0 Å². The lowest BCUT2D eigenvalue weighted by Gasteiger charge is -2.38. The van der Waals surface area contributed by atoms with Gasteiger partial charge in [0, 0.05) is 13.1 Å². The van der Waals surface area contributed by atoms with E-state index in [1.54, 1.807) is 0 Å². The molecule has 1 aliphatic heterocycles. The summed E-state index contributed by atoms with van der Waals surface area (Å²) in [5, 5.41) is 3.69. The van der Waals surface area contributed by atoms with Gasteiger partial charge in [-0.15, -0.1) is 0 Å². The van der Waals surface area contributed by atoms with Crippen molar-refractivity contribution in [3.63, 3.8) is 0 Å². The van der Waals surface area contributed by atoms with Crippen LogP contribution in [-0.2, 0) is 0 Å². The number of rotatable bonds is 6. The standard InChI is InChI=1S/C16H32N2/c1-3-10-17-13-16(8-4-5-9-16)14-18-11-6-15(2)7-12-18/h15,17H,3-14H2,1-2H3. The Morgan fingerprint density at radius 2 is 1.83 bits per heavy atom. The van der Waals surface area contributed by atoms with Crippen LogP contribution in [0.15, 0.2) is 0 Å². The molecular weight excluding hydrogens is 220 g/mol. The first kappa shape index (κ1) is 14.3. The zero-order valence-electron chi connectivity index (χ0n) is 12.5. The number of hydrogen-bond donors (Lipinski definition) is 1. The summed E-state index contributed by atoms with van der Waals surface area (Å²) in [5.74, 6) is 0.957. The number of nitrogens with one attached hydrogen (secondary N) is 1. The number of nitrogens with zero attached hydrogens (tertiary/aromatic N) is 1. The van der Waals surface area contributed by atoms with Crippen LogP contribution in [-0.4, -0.2) is 37.6 Å². The molecule has 0 atom stereocenters. The molecule has 0 aromatic rings. The summed E-state index contributed by atoms with van der Waals surface area (Å²) < 4.78 is 0. The van der Waals surface area contributed by atoms with E-state index in [2.05, 4.69) is 24.1 Å². The molecule has 2 fully saturated rings. The molecule has 0 radical (unpaired) electrons. The molecule has 0 bridgehead atoms. The van der Waals surface area contributed by atoms with Gasteiger partial charge in [-0.25, -0.2) is 0 Å². The van der Waals surface area contributed by atoms with Crippen molar-refractivity contribution in [1.29, 1.82) is 0 Å². The van der Waals surface area contributed by atoms with E-state index in [-0.39, 0.29) is 0 Å². The Morgan fingerprint density at radius 3 is 2.44 bits per heavy atom. The van der Waals surface area contributed by atoms with Gasteiger partial charge in [0.15, 0.2) is 0 Å². The first-order valence-corrected chi connectivity index (χ1v) is 8.17. The Hall–Kier alpha value is -0.0800. The highest BCUT2D eigenvalue weighted by molar-refractivity contribution is 4.90. The lowest BCUT2D eigenvalue weighted by molar-refractivity contribution is 0.114. The molecule has 106 valence electrons. The highest BCUT2D eigenvalue weighted by atomic mass is 15.1. The minimum atomic E-state index is 0.607. The lowest BCUT2D eigenvalue weighted by Crippen LogP contribution is -2.45. The second kappa shape index (κ2) is 6.91. The van der Waals surface area contributed by atoms with E-state index in [1.165, 1.54) is 77.7 Å². The lowest BCUT2D eigenvalue weighted by atomic mass is 9.84. The van der Waals surface area contributed by atoms with Crippen LogP contribution in [0.3, 0.4) is 0 Å². The first-order chi connectivity index (χ1) is 8.74. The highest BCUT2D eigenvalue weighted by Gasteiger charge is 2.35. The quantitative estimate of drug-likeness (QED) is 0.730. The molecule has 1 aliphatic carbocycles. The summed E-state index contributed by atoms with van der Waals surface area (Å²) in [4.78, 5) is 2.75. The maximum Gasteiger partial charge on any atom is 0.00501 e. The van der Waals surface area contributed by atoms with Crippen molar-refractivity contribution in [3.8, 4) is 0 Å². The number of likely N-dealkylation sites (tertiary alicyclic amines) is 1. The summed E-state index contributed by atoms with van der Waals surface area (Å²) in [5.41, 5.74) is 0.607. The molecule has 0 aromatic heterocycles. The van der Waals surface area contributed by atoms with E-state index in [1.807, 2.05) is 0 Å². The van der Waals surface area contributed by atoms with E-state index in [9.17, 15) is 0 Å². The Morgan fingerprint density at radius 1 is 1.17 bits per heavy atom. The summed E-state index contributed by atoms with van der Waals surface area (Å²) in [7, 11) is 0. The molecule has 18 heavy (non-hydrogen) atoms. The summed E-state index contributed by atoms with van der Waals surface area (Å²) in [6.07, 6.45) is 9.91. The summed E-state index contributed by atoms with van der Waals surface area (Å²) in [6, 6.07) is 0. The van der Waals surface area contributed by atoms with Crippen LogP contribution >= 0.6 is 0 Å². The topological polar surface area (TPSA) is 15.3 Å². The predicted molar refractivity (Wildman–Crippen MR) is 78.9 cm³/mol. The monoisotopic (exact) mass is 252 g/mol. The molecule has 1 saturated heterocycles. The van der Waals surface area contributed by atoms with E-state index in [4.69, 9.17) is 0 Å². The molecule has 2 heteroatoms. The predicted octanol–water partition coefficient (Wildman–Crippen LogP) is 3.28. The van der Waals surface area contributed by atoms with Crippen molar-refractivity contribution in [2.45, 2.75) is 58.8 Å². The molecular formula is C16H32N2. The molecule has 0 unspecified atom stereocenters. The minimum Gasteiger partial charge on any atom is -0.316 e. The van der Waals surface area contributed by atoms with Gasteiger partial charge in [-0.3, -0.25) is 0 Å². The van der Waals surface area contributed by atoms with Gasteiger partial charge in [-0.05, 0) is 63.1 Å². The van der Waals surface area contributed by atoms with Crippen LogP contribution in [0, 0.1) is 11.3 Å². The van der Waals surface area contributed by atoms with Crippen LogP contribution in [0.1, 0.15) is 58.8 Å². The zero-order valence-corrected chi connectivity index (χ0v) is 12.5. The second-order valence-corrected chi connectivity index (χ2v) is 6.84. The van der Waals surface area contributed by atoms with E-state index >= 15 is 0 Å². The van der Waals surface area contributed by atoms with Crippen LogP contribution in [0.4, 0.5) is 0 Å². The van der Waals surface area contributed by atoms with Crippen molar-refractivity contribution in [2.24, 2.45) is 11.3 Å². The van der Waals surface area contributed by atoms with Gasteiger partial charge in [0.05, 0.1) is 0 Å². The molecule has 2 nitrogen and oxygen atoms in total. The third-order valence-corrected chi connectivity index (χ3v) is 5.03. The maximum absolute atomic E-state index is 3.69. The average Bonchev–Trinajstić information content (AvgIpc) is 2.82. The first-order valence-electron chi connectivity index (χ1n) is 8.17. The molecule has 1 N–H and O–H groups in total. The van der Waals surface area contributed by atoms with Crippen molar-refractivity contribution >= 4 is 0 Å². The van der Waals surface area contributed by atoms with E-state index < -0.39 is 0 Å². The smallest absolute Gasteiger partial charge is 0.00501 e. The minimum absolute atomic E-state index is 0.607. The summed E-state index contributed by atoms with van der Waals surface area (Å²) >= 11 is 0. The van der Waals surface area contributed by atoms with Gasteiger partial charge in [0.2, 0.25) is 0 Å². The van der Waals surface area contributed by atoms with Crippen molar-refractivity contribution < 1.29 is 0 Å². The molecule has 1 heterocycles. The van der Waals surface area contributed by atoms with Crippen molar-refractivity contribution in [2.75, 3.05) is 32.7 Å². The Balaban J connectivity index is 1.81. The van der Waals surface area contributed by atoms with Gasteiger partial charge in [-0.2, -0.15) is 0 Å². The third-order valence-electron chi connectivity index (χ3n) is 5.03. The number of piperidine rings is 1. The van der Waals surface area contributed by atoms with Gasteiger partial charge in [-0.1, -0.05) is 26.7 Å². The number of hydrogen-bond acceptors (Lipinski definition) is 2. The molecule has 0 spiro atoms. The molecule has 2 aliphatic rings. The zero-order chi connectivity index (χ0) is 12.8. The Labute approximate surface area is 114 Å². The Kier molecular flexibility index (Phi) is 5.50. The molecule has 2 rings (SSSR count).